The second-order valence-electron chi connectivity index (χ2n) is 12.7. The van der Waals surface area contributed by atoms with Gasteiger partial charge in [-0.25, -0.2) is 14.2 Å². The molecule has 10 nitrogen and oxygen atoms in total. The van der Waals surface area contributed by atoms with E-state index in [0.717, 1.165) is 11.3 Å². The number of aromatic nitrogens is 1. The van der Waals surface area contributed by atoms with Gasteiger partial charge in [0, 0.05) is 30.1 Å². The second kappa shape index (κ2) is 13.5. The van der Waals surface area contributed by atoms with E-state index in [9.17, 15) is 18.8 Å². The maximum Gasteiger partial charge on any atom is 0.410 e. The first kappa shape index (κ1) is 32.4. The molecule has 0 bridgehead atoms. The highest BCUT2D eigenvalue weighted by Crippen LogP contribution is 2.43. The van der Waals surface area contributed by atoms with Gasteiger partial charge in [-0.15, -0.1) is 11.3 Å². The van der Waals surface area contributed by atoms with Gasteiger partial charge in [0.25, 0.3) is 0 Å². The van der Waals surface area contributed by atoms with Crippen LogP contribution in [0.25, 0.3) is 0 Å². The molecule has 45 heavy (non-hydrogen) atoms. The number of anilines is 2. The predicted octanol–water partition coefficient (Wildman–Crippen LogP) is 4.87. The van der Waals surface area contributed by atoms with Gasteiger partial charge in [-0.05, 0) is 55.6 Å². The molecule has 3 heterocycles. The van der Waals surface area contributed by atoms with Crippen molar-refractivity contribution in [1.29, 1.82) is 0 Å². The van der Waals surface area contributed by atoms with Crippen LogP contribution < -0.4 is 16.0 Å². The third-order valence-electron chi connectivity index (χ3n) is 8.57. The molecular weight excluding hydrogens is 595 g/mol. The minimum Gasteiger partial charge on any atom is -0.445 e. The number of likely N-dealkylation sites (N-methyl/N-ethyl adjacent to an activating group) is 1. The lowest BCUT2D eigenvalue weighted by atomic mass is 9.85. The smallest absolute Gasteiger partial charge is 0.410 e. The Morgan fingerprint density at radius 1 is 1.09 bits per heavy atom. The summed E-state index contributed by atoms with van der Waals surface area (Å²) in [6.45, 7) is 8.45. The number of fused-ring (bicyclic) bond motifs is 1. The lowest BCUT2D eigenvalue weighted by molar-refractivity contribution is -0.140. The summed E-state index contributed by atoms with van der Waals surface area (Å²) in [5.41, 5.74) is 1.77. The first-order chi connectivity index (χ1) is 21.5. The zero-order chi connectivity index (χ0) is 32.3. The summed E-state index contributed by atoms with van der Waals surface area (Å²) in [5.74, 6) is -1.05. The van der Waals surface area contributed by atoms with E-state index in [0.29, 0.717) is 30.3 Å². The van der Waals surface area contributed by atoms with Crippen molar-refractivity contribution >= 4 is 40.1 Å². The van der Waals surface area contributed by atoms with Crippen LogP contribution in [0.1, 0.15) is 51.3 Å². The predicted molar refractivity (Wildman–Crippen MR) is 172 cm³/mol. The van der Waals surface area contributed by atoms with E-state index < -0.39 is 23.6 Å². The molecule has 2 aliphatic heterocycles. The molecule has 240 valence electrons. The Morgan fingerprint density at radius 3 is 2.47 bits per heavy atom. The number of hydrogen-bond acceptors (Lipinski definition) is 8. The number of likely N-dealkylation sites (tertiary alicyclic amines) is 2. The molecule has 5 atom stereocenters. The number of ether oxygens (including phenoxy) is 1. The Balaban J connectivity index is 1.41. The lowest BCUT2D eigenvalue weighted by Gasteiger charge is -2.37. The first-order valence-electron chi connectivity index (χ1n) is 15.2. The van der Waals surface area contributed by atoms with E-state index in [1.165, 1.54) is 23.5 Å². The average molecular weight is 637 g/mol. The summed E-state index contributed by atoms with van der Waals surface area (Å²) in [6.07, 6.45) is 0.143. The summed E-state index contributed by atoms with van der Waals surface area (Å²) in [7, 11) is 1.70. The van der Waals surface area contributed by atoms with Crippen molar-refractivity contribution in [3.05, 3.63) is 77.1 Å². The van der Waals surface area contributed by atoms with Crippen LogP contribution in [-0.2, 0) is 20.9 Å². The highest BCUT2D eigenvalue weighted by Gasteiger charge is 2.55. The Morgan fingerprint density at radius 2 is 1.80 bits per heavy atom. The molecule has 5 unspecified atom stereocenters. The fourth-order valence-corrected chi connectivity index (χ4v) is 6.80. The van der Waals surface area contributed by atoms with E-state index in [4.69, 9.17) is 9.72 Å². The molecule has 3 amide bonds. The molecule has 0 aliphatic carbocycles. The number of carbonyl (C=O) groups is 3. The summed E-state index contributed by atoms with van der Waals surface area (Å²) >= 11 is 1.40. The summed E-state index contributed by atoms with van der Waals surface area (Å²) < 4.78 is 19.2. The van der Waals surface area contributed by atoms with Gasteiger partial charge in [0.1, 0.15) is 18.5 Å². The standard InChI is InChI=1S/C33H41FN6O4S/c1-20(35-5)29(41)38-28(33(2,3)4)30(42)39-16-15-26-27(39)24(17-40(26)32(43)44-18-21-9-7-6-8-10-21)25-19-45-31(37-25)36-23-13-11-22(34)12-14-23/h6-14,19-20,24,26-28,35H,15-18H2,1-5H3,(H,36,37)(H,38,41). The van der Waals surface area contributed by atoms with Crippen LogP contribution >= 0.6 is 11.3 Å². The van der Waals surface area contributed by atoms with E-state index in [1.807, 2.05) is 61.4 Å². The molecule has 1 aromatic heterocycles. The SMILES string of the molecule is CNC(C)C(=O)NC(C(=O)N1CCC2C1C(c1csc(Nc3ccc(F)cc3)n1)CN2C(=O)OCc1ccccc1)C(C)(C)C. The van der Waals surface area contributed by atoms with E-state index in [1.54, 1.807) is 31.0 Å². The van der Waals surface area contributed by atoms with Crippen molar-refractivity contribution in [1.82, 2.24) is 25.4 Å². The van der Waals surface area contributed by atoms with Crippen molar-refractivity contribution < 1.29 is 23.5 Å². The minimum atomic E-state index is -0.773. The van der Waals surface area contributed by atoms with Gasteiger partial charge in [0.05, 0.1) is 23.8 Å². The van der Waals surface area contributed by atoms with E-state index in [-0.39, 0.29) is 42.2 Å². The van der Waals surface area contributed by atoms with Gasteiger partial charge in [-0.2, -0.15) is 0 Å². The van der Waals surface area contributed by atoms with Crippen molar-refractivity contribution in [3.63, 3.8) is 0 Å². The summed E-state index contributed by atoms with van der Waals surface area (Å²) in [5, 5.41) is 11.7. The van der Waals surface area contributed by atoms with Crippen LogP contribution in [-0.4, -0.2) is 77.0 Å². The minimum absolute atomic E-state index is 0.144. The molecule has 12 heteroatoms. The van der Waals surface area contributed by atoms with Crippen LogP contribution in [0, 0.1) is 11.2 Å². The van der Waals surface area contributed by atoms with E-state index >= 15 is 0 Å². The number of nitrogens with one attached hydrogen (secondary N) is 3. The third-order valence-corrected chi connectivity index (χ3v) is 9.35. The zero-order valence-electron chi connectivity index (χ0n) is 26.2. The molecule has 0 spiro atoms. The lowest BCUT2D eigenvalue weighted by Crippen LogP contribution is -2.59. The maximum absolute atomic E-state index is 14.3. The van der Waals surface area contributed by atoms with Crippen LogP contribution in [0.3, 0.4) is 0 Å². The van der Waals surface area contributed by atoms with Gasteiger partial charge in [0.15, 0.2) is 5.13 Å². The number of benzene rings is 2. The fraction of sp³-hybridized carbons (Fsp3) is 0.455. The third kappa shape index (κ3) is 7.28. The monoisotopic (exact) mass is 636 g/mol. The van der Waals surface area contributed by atoms with Crippen LogP contribution in [0.2, 0.25) is 0 Å². The molecular formula is C33H41FN6O4S. The fourth-order valence-electron chi connectivity index (χ4n) is 6.00. The molecule has 2 aliphatic rings. The second-order valence-corrected chi connectivity index (χ2v) is 13.6. The number of thiazole rings is 1. The van der Waals surface area contributed by atoms with Crippen molar-refractivity contribution in [2.45, 2.75) is 70.8 Å². The molecule has 3 aromatic rings. The van der Waals surface area contributed by atoms with Gasteiger partial charge >= 0.3 is 6.09 Å². The number of amides is 3. The largest absolute Gasteiger partial charge is 0.445 e. The number of halogens is 1. The molecule has 2 aromatic carbocycles. The Hall–Kier alpha value is -4.03. The van der Waals surface area contributed by atoms with Gasteiger partial charge in [0.2, 0.25) is 11.8 Å². The Kier molecular flexibility index (Phi) is 9.73. The average Bonchev–Trinajstić information content (AvgIpc) is 3.75. The van der Waals surface area contributed by atoms with Crippen LogP contribution in [0.5, 0.6) is 0 Å². The Bertz CT molecular complexity index is 1490. The number of carbonyl (C=O) groups excluding carboxylic acids is 3. The summed E-state index contributed by atoms with van der Waals surface area (Å²) in [4.78, 5) is 49.1. The molecule has 2 fully saturated rings. The summed E-state index contributed by atoms with van der Waals surface area (Å²) in [6, 6.07) is 13.7. The number of nitrogens with zero attached hydrogens (tertiary/aromatic N) is 3. The molecule has 2 saturated heterocycles. The van der Waals surface area contributed by atoms with Gasteiger partial charge in [-0.3, -0.25) is 9.59 Å². The van der Waals surface area contributed by atoms with Gasteiger partial charge < -0.3 is 30.5 Å². The van der Waals surface area contributed by atoms with Gasteiger partial charge in [-0.1, -0.05) is 51.1 Å². The highest BCUT2D eigenvalue weighted by atomic mass is 32.1. The quantitative estimate of drug-likeness (QED) is 0.307. The van der Waals surface area contributed by atoms with E-state index in [2.05, 4.69) is 16.0 Å². The maximum atomic E-state index is 14.3. The van der Waals surface area contributed by atoms with Crippen molar-refractivity contribution in [2.24, 2.45) is 5.41 Å². The van der Waals surface area contributed by atoms with Crippen LogP contribution in [0.15, 0.2) is 60.0 Å². The molecule has 0 saturated carbocycles. The Labute approximate surface area is 267 Å². The van der Waals surface area contributed by atoms with Crippen LogP contribution in [0.4, 0.5) is 20.0 Å². The number of hydrogen-bond donors (Lipinski definition) is 3. The first-order valence-corrected chi connectivity index (χ1v) is 16.1. The highest BCUT2D eigenvalue weighted by molar-refractivity contribution is 7.13. The number of rotatable bonds is 9. The molecule has 5 rings (SSSR count). The molecule has 0 radical (unpaired) electrons. The topological polar surface area (TPSA) is 116 Å². The zero-order valence-corrected chi connectivity index (χ0v) is 27.1. The van der Waals surface area contributed by atoms with Crippen molar-refractivity contribution in [2.75, 3.05) is 25.5 Å². The van der Waals surface area contributed by atoms with Crippen molar-refractivity contribution in [3.8, 4) is 0 Å². The molecule has 3 N–H and O–H groups in total. The normalized spacial score (nSPS) is 20.8.